The molecule has 0 fully saturated rings. The Morgan fingerprint density at radius 3 is 2.71 bits per heavy atom. The van der Waals surface area contributed by atoms with Gasteiger partial charge >= 0.3 is 5.97 Å². The lowest BCUT2D eigenvalue weighted by Gasteiger charge is -2.18. The molecule has 2 aromatic carbocycles. The molecule has 0 aliphatic carbocycles. The first kappa shape index (κ1) is 19.7. The summed E-state index contributed by atoms with van der Waals surface area (Å²) < 4.78 is 16.5. The molecule has 0 saturated carbocycles. The van der Waals surface area contributed by atoms with E-state index in [0.717, 1.165) is 23.1 Å². The van der Waals surface area contributed by atoms with Crippen LogP contribution in [0.5, 0.6) is 11.5 Å². The first-order valence-corrected chi connectivity index (χ1v) is 9.20. The molecule has 0 unspecified atom stereocenters. The lowest BCUT2D eigenvalue weighted by atomic mass is 10.0. The molecular formula is C22H25NO5. The predicted molar refractivity (Wildman–Crippen MR) is 106 cm³/mol. The lowest BCUT2D eigenvalue weighted by molar-refractivity contribution is -0.149. The van der Waals surface area contributed by atoms with Crippen molar-refractivity contribution < 1.29 is 23.8 Å². The van der Waals surface area contributed by atoms with Gasteiger partial charge in [-0.05, 0) is 51.0 Å². The summed E-state index contributed by atoms with van der Waals surface area (Å²) in [5.41, 5.74) is 3.43. The van der Waals surface area contributed by atoms with Crippen LogP contribution in [0, 0.1) is 13.8 Å². The minimum absolute atomic E-state index is 0.295. The quantitative estimate of drug-likeness (QED) is 0.772. The molecule has 148 valence electrons. The first-order chi connectivity index (χ1) is 13.2. The van der Waals surface area contributed by atoms with E-state index in [2.05, 4.69) is 5.32 Å². The summed E-state index contributed by atoms with van der Waals surface area (Å²) >= 11 is 0. The molecule has 6 heteroatoms. The van der Waals surface area contributed by atoms with Gasteiger partial charge < -0.3 is 19.5 Å². The predicted octanol–water partition coefficient (Wildman–Crippen LogP) is 3.58. The van der Waals surface area contributed by atoms with Crippen molar-refractivity contribution in [2.24, 2.45) is 0 Å². The van der Waals surface area contributed by atoms with Crippen molar-refractivity contribution in [3.05, 3.63) is 53.1 Å². The Bertz CT molecular complexity index is 904. The third kappa shape index (κ3) is 4.82. The fourth-order valence-electron chi connectivity index (χ4n) is 3.08. The van der Waals surface area contributed by atoms with Crippen LogP contribution in [0.1, 0.15) is 30.5 Å². The molecule has 0 spiro atoms. The van der Waals surface area contributed by atoms with Crippen molar-refractivity contribution in [1.29, 1.82) is 0 Å². The van der Waals surface area contributed by atoms with Crippen LogP contribution < -0.4 is 14.8 Å². The molecule has 1 aliphatic rings. The lowest BCUT2D eigenvalue weighted by Crippen LogP contribution is -2.25. The zero-order valence-corrected chi connectivity index (χ0v) is 16.6. The Labute approximate surface area is 164 Å². The van der Waals surface area contributed by atoms with Gasteiger partial charge in [0.1, 0.15) is 5.60 Å². The van der Waals surface area contributed by atoms with Crippen LogP contribution in [-0.4, -0.2) is 30.7 Å². The number of aryl methyl sites for hydroxylation is 2. The molecule has 6 nitrogen and oxygen atoms in total. The Kier molecular flexibility index (Phi) is 5.58. The van der Waals surface area contributed by atoms with Crippen LogP contribution in [0.25, 0.3) is 0 Å². The van der Waals surface area contributed by atoms with E-state index in [1.165, 1.54) is 0 Å². The number of esters is 1. The number of amides is 1. The number of nitrogens with one attached hydrogen (secondary N) is 1. The van der Waals surface area contributed by atoms with E-state index < -0.39 is 11.9 Å². The topological polar surface area (TPSA) is 73.9 Å². The number of benzene rings is 2. The van der Waals surface area contributed by atoms with Crippen LogP contribution in [0.2, 0.25) is 0 Å². The van der Waals surface area contributed by atoms with E-state index in [-0.39, 0.29) is 18.8 Å². The molecule has 0 aromatic heterocycles. The van der Waals surface area contributed by atoms with Gasteiger partial charge in [0.15, 0.2) is 24.7 Å². The second-order valence-corrected chi connectivity index (χ2v) is 7.60. The minimum atomic E-state index is -0.619. The summed E-state index contributed by atoms with van der Waals surface area (Å²) in [5.74, 6) is 0.145. The molecule has 0 atom stereocenters. The molecule has 0 radical (unpaired) electrons. The Balaban J connectivity index is 1.49. The van der Waals surface area contributed by atoms with E-state index in [9.17, 15) is 9.59 Å². The smallest absolute Gasteiger partial charge is 0.344 e. The Morgan fingerprint density at radius 1 is 1.14 bits per heavy atom. The summed E-state index contributed by atoms with van der Waals surface area (Å²) in [6.45, 7) is 7.18. The SMILES string of the molecule is Cc1ccc(C)c(NC(=O)COC(=O)COc2cccc3c2OC(C)(C)C3)c1. The number of carbonyl (C=O) groups is 2. The van der Waals surface area contributed by atoms with Crippen LogP contribution in [0.15, 0.2) is 36.4 Å². The number of carbonyl (C=O) groups excluding carboxylic acids is 2. The first-order valence-electron chi connectivity index (χ1n) is 9.20. The second kappa shape index (κ2) is 7.92. The average Bonchev–Trinajstić information content (AvgIpc) is 2.95. The van der Waals surface area contributed by atoms with Gasteiger partial charge in [-0.1, -0.05) is 24.3 Å². The molecule has 1 aliphatic heterocycles. The van der Waals surface area contributed by atoms with Gasteiger partial charge in [0.05, 0.1) is 0 Å². The van der Waals surface area contributed by atoms with Gasteiger partial charge in [0.2, 0.25) is 0 Å². The van der Waals surface area contributed by atoms with E-state index >= 15 is 0 Å². The Morgan fingerprint density at radius 2 is 1.93 bits per heavy atom. The van der Waals surface area contributed by atoms with E-state index in [1.54, 1.807) is 6.07 Å². The van der Waals surface area contributed by atoms with Gasteiger partial charge in [0, 0.05) is 17.7 Å². The molecule has 28 heavy (non-hydrogen) atoms. The zero-order chi connectivity index (χ0) is 20.3. The third-order valence-corrected chi connectivity index (χ3v) is 4.43. The number of anilines is 1. The third-order valence-electron chi connectivity index (χ3n) is 4.43. The number of para-hydroxylation sites is 1. The van der Waals surface area contributed by atoms with Crippen LogP contribution in [0.4, 0.5) is 5.69 Å². The monoisotopic (exact) mass is 383 g/mol. The average molecular weight is 383 g/mol. The number of fused-ring (bicyclic) bond motifs is 1. The Hall–Kier alpha value is -3.02. The summed E-state index contributed by atoms with van der Waals surface area (Å²) in [4.78, 5) is 24.0. The molecule has 0 bridgehead atoms. The summed E-state index contributed by atoms with van der Waals surface area (Å²) in [5, 5.41) is 2.75. The fourth-order valence-corrected chi connectivity index (χ4v) is 3.08. The molecule has 1 amide bonds. The van der Waals surface area contributed by atoms with Crippen LogP contribution in [0.3, 0.4) is 0 Å². The largest absolute Gasteiger partial charge is 0.483 e. The number of rotatable bonds is 6. The maximum Gasteiger partial charge on any atom is 0.344 e. The van der Waals surface area contributed by atoms with Gasteiger partial charge in [0.25, 0.3) is 5.91 Å². The summed E-state index contributed by atoms with van der Waals surface area (Å²) in [6.07, 6.45) is 0.780. The highest BCUT2D eigenvalue weighted by Crippen LogP contribution is 2.41. The van der Waals surface area contributed by atoms with Crippen molar-refractivity contribution in [2.45, 2.75) is 39.7 Å². The van der Waals surface area contributed by atoms with E-state index in [4.69, 9.17) is 14.2 Å². The van der Waals surface area contributed by atoms with Gasteiger partial charge in [-0.2, -0.15) is 0 Å². The van der Waals surface area contributed by atoms with Crippen molar-refractivity contribution in [1.82, 2.24) is 0 Å². The van der Waals surface area contributed by atoms with E-state index in [0.29, 0.717) is 17.2 Å². The molecule has 3 rings (SSSR count). The van der Waals surface area contributed by atoms with E-state index in [1.807, 2.05) is 58.0 Å². The highest BCUT2D eigenvalue weighted by atomic mass is 16.6. The van der Waals surface area contributed by atoms with Crippen molar-refractivity contribution in [2.75, 3.05) is 18.5 Å². The van der Waals surface area contributed by atoms with Crippen LogP contribution in [-0.2, 0) is 20.7 Å². The van der Waals surface area contributed by atoms with Gasteiger partial charge in [-0.25, -0.2) is 4.79 Å². The van der Waals surface area contributed by atoms with Gasteiger partial charge in [-0.15, -0.1) is 0 Å². The molecule has 1 heterocycles. The maximum atomic E-state index is 12.0. The highest BCUT2D eigenvalue weighted by Gasteiger charge is 2.32. The molecular weight excluding hydrogens is 358 g/mol. The normalized spacial score (nSPS) is 14.0. The number of hydrogen-bond acceptors (Lipinski definition) is 5. The van der Waals surface area contributed by atoms with Crippen molar-refractivity contribution >= 4 is 17.6 Å². The standard InChI is InChI=1S/C22H25NO5/c1-14-8-9-15(2)17(10-14)23-19(24)12-27-20(25)13-26-18-7-5-6-16-11-22(3,4)28-21(16)18/h5-10H,11-13H2,1-4H3,(H,23,24). The summed E-state index contributed by atoms with van der Waals surface area (Å²) in [6, 6.07) is 11.4. The van der Waals surface area contributed by atoms with Gasteiger partial charge in [-0.3, -0.25) is 4.79 Å². The molecule has 0 saturated heterocycles. The second-order valence-electron chi connectivity index (χ2n) is 7.60. The van der Waals surface area contributed by atoms with Crippen molar-refractivity contribution in [3.8, 4) is 11.5 Å². The van der Waals surface area contributed by atoms with Crippen LogP contribution >= 0.6 is 0 Å². The number of ether oxygens (including phenoxy) is 3. The zero-order valence-electron chi connectivity index (χ0n) is 16.6. The molecule has 1 N–H and O–H groups in total. The minimum Gasteiger partial charge on any atom is -0.483 e. The highest BCUT2D eigenvalue weighted by molar-refractivity contribution is 5.93. The maximum absolute atomic E-state index is 12.0. The fraction of sp³-hybridized carbons (Fsp3) is 0.364. The molecule has 2 aromatic rings. The number of hydrogen-bond donors (Lipinski definition) is 1. The summed E-state index contributed by atoms with van der Waals surface area (Å²) in [7, 11) is 0. The van der Waals surface area contributed by atoms with Crippen molar-refractivity contribution in [3.63, 3.8) is 0 Å².